The molecule has 0 atom stereocenters. The molecular weight excluding hydrogens is 798 g/mol. The predicted octanol–water partition coefficient (Wildman–Crippen LogP) is 13.7. The van der Waals surface area contributed by atoms with Crippen LogP contribution in [0.15, 0.2) is 24.3 Å². The third-order valence-corrected chi connectivity index (χ3v) is 24.7. The summed E-state index contributed by atoms with van der Waals surface area (Å²) < 4.78 is 40.7. The van der Waals surface area contributed by atoms with Gasteiger partial charge in [-0.3, -0.25) is 0 Å². The summed E-state index contributed by atoms with van der Waals surface area (Å²) in [5, 5.41) is 0. The molecular formula is C40H59BCl2F4N2PRu-. The van der Waals surface area contributed by atoms with E-state index in [0.717, 1.165) is 30.1 Å². The molecule has 2 aromatic carbocycles. The minimum Gasteiger partial charge on any atom is -0.418 e. The third kappa shape index (κ3) is 9.42. The largest absolute Gasteiger partial charge is 0.673 e. The molecule has 0 amide bonds. The van der Waals surface area contributed by atoms with Gasteiger partial charge in [0.25, 0.3) is 0 Å². The monoisotopic (exact) mass is 857 g/mol. The molecule has 288 valence electrons. The minimum atomic E-state index is -6.00. The Morgan fingerprint density at radius 2 is 0.863 bits per heavy atom. The van der Waals surface area contributed by atoms with Gasteiger partial charge in [-0.1, -0.05) is 0 Å². The van der Waals surface area contributed by atoms with Crippen LogP contribution in [0, 0.1) is 47.7 Å². The van der Waals surface area contributed by atoms with Gasteiger partial charge in [0, 0.05) is 0 Å². The molecule has 0 radical (unpaired) electrons. The zero-order chi connectivity index (χ0) is 37.1. The van der Waals surface area contributed by atoms with Crippen molar-refractivity contribution in [3.63, 3.8) is 0 Å². The van der Waals surface area contributed by atoms with Gasteiger partial charge in [-0.2, -0.15) is 0 Å². The van der Waals surface area contributed by atoms with E-state index in [0.29, 0.717) is 0 Å². The number of hydrogen-bond donors (Lipinski definition) is 0. The van der Waals surface area contributed by atoms with Crippen LogP contribution in [0.2, 0.25) is 0 Å². The molecule has 1 saturated heterocycles. The van der Waals surface area contributed by atoms with Gasteiger partial charge in [0.1, 0.15) is 0 Å². The van der Waals surface area contributed by atoms with E-state index in [1.165, 1.54) is 147 Å². The molecule has 0 unspecified atom stereocenters. The summed E-state index contributed by atoms with van der Waals surface area (Å²) in [6, 6.07) is 9.58. The van der Waals surface area contributed by atoms with E-state index >= 15 is 0 Å². The maximum Gasteiger partial charge on any atom is 0.673 e. The molecule has 1 heterocycles. The first-order valence-electron chi connectivity index (χ1n) is 19.4. The molecule has 0 spiro atoms. The van der Waals surface area contributed by atoms with Crippen molar-refractivity contribution in [1.29, 1.82) is 0 Å². The minimum absolute atomic E-state index is 0.799. The molecule has 1 aliphatic heterocycles. The number of rotatable bonds is 7. The van der Waals surface area contributed by atoms with Crippen LogP contribution in [-0.4, -0.2) is 41.2 Å². The van der Waals surface area contributed by atoms with Crippen LogP contribution >= 0.6 is 26.6 Å². The maximum atomic E-state index is 9.75. The molecule has 4 aliphatic rings. The molecule has 4 fully saturated rings. The van der Waals surface area contributed by atoms with Gasteiger partial charge in [0.05, 0.1) is 0 Å². The predicted molar refractivity (Wildman–Crippen MR) is 214 cm³/mol. The second-order valence-corrected chi connectivity index (χ2v) is 26.5. The van der Waals surface area contributed by atoms with Crippen LogP contribution in [0.1, 0.15) is 130 Å². The molecule has 0 bridgehead atoms. The Balaban J connectivity index is 0.000000943. The summed E-state index contributed by atoms with van der Waals surface area (Å²) in [6.45, 7) is 15.8. The van der Waals surface area contributed by atoms with E-state index in [9.17, 15) is 17.3 Å². The van der Waals surface area contributed by atoms with Crippen LogP contribution in [0.3, 0.4) is 0 Å². The summed E-state index contributed by atoms with van der Waals surface area (Å²) >= 11 is -2.35. The topological polar surface area (TPSA) is 6.48 Å². The Labute approximate surface area is 319 Å². The molecule has 3 aliphatic carbocycles. The van der Waals surface area contributed by atoms with Gasteiger partial charge in [0.2, 0.25) is 0 Å². The first kappa shape index (κ1) is 41.5. The average Bonchev–Trinajstić information content (AvgIpc) is 3.45. The van der Waals surface area contributed by atoms with E-state index in [2.05, 4.69) is 75.6 Å². The molecule has 3 saturated carbocycles. The Morgan fingerprint density at radius 1 is 0.588 bits per heavy atom. The maximum absolute atomic E-state index is 9.75. The molecule has 11 heteroatoms. The summed E-state index contributed by atoms with van der Waals surface area (Å²) in [6.07, 6.45) is 22.4. The van der Waals surface area contributed by atoms with Gasteiger partial charge in [0.15, 0.2) is 0 Å². The Kier molecular flexibility index (Phi) is 14.5. The van der Waals surface area contributed by atoms with Crippen LogP contribution in [-0.2, 0) is 13.5 Å². The summed E-state index contributed by atoms with van der Waals surface area (Å²) in [7, 11) is 7.88. The van der Waals surface area contributed by atoms with Crippen molar-refractivity contribution in [3.05, 3.63) is 63.8 Å². The smallest absolute Gasteiger partial charge is 0.418 e. The first-order chi connectivity index (χ1) is 24.1. The quantitative estimate of drug-likeness (QED) is 0.118. The van der Waals surface area contributed by atoms with Crippen molar-refractivity contribution in [2.45, 2.75) is 155 Å². The number of aryl methyl sites for hydroxylation is 6. The zero-order valence-corrected chi connectivity index (χ0v) is 35.7. The Morgan fingerprint density at radius 3 is 1.12 bits per heavy atom. The van der Waals surface area contributed by atoms with Crippen LogP contribution < -0.4 is 9.80 Å². The zero-order valence-electron chi connectivity index (χ0n) is 31.6. The van der Waals surface area contributed by atoms with Crippen molar-refractivity contribution in [3.8, 4) is 0 Å². The second-order valence-electron chi connectivity index (χ2n) is 15.8. The van der Waals surface area contributed by atoms with Gasteiger partial charge in [-0.15, -0.1) is 0 Å². The van der Waals surface area contributed by atoms with Gasteiger partial charge >= 0.3 is 304 Å². The van der Waals surface area contributed by atoms with Gasteiger partial charge < -0.3 is 17.3 Å². The van der Waals surface area contributed by atoms with Crippen molar-refractivity contribution in [1.82, 2.24) is 0 Å². The number of halogens is 6. The summed E-state index contributed by atoms with van der Waals surface area (Å²) in [5.41, 5.74) is 13.4. The van der Waals surface area contributed by atoms with E-state index in [1.54, 1.807) is 3.85 Å². The molecule has 51 heavy (non-hydrogen) atoms. The van der Waals surface area contributed by atoms with Crippen LogP contribution in [0.5, 0.6) is 0 Å². The van der Waals surface area contributed by atoms with Crippen molar-refractivity contribution in [2.75, 3.05) is 22.9 Å². The van der Waals surface area contributed by atoms with Crippen LogP contribution in [0.25, 0.3) is 0 Å². The van der Waals surface area contributed by atoms with Crippen molar-refractivity contribution in [2.24, 2.45) is 0 Å². The third-order valence-electron chi connectivity index (χ3n) is 12.0. The first-order valence-corrected chi connectivity index (χ1v) is 26.7. The summed E-state index contributed by atoms with van der Waals surface area (Å²) in [4.78, 5) is 5.51. The molecule has 2 aromatic rings. The SMILES string of the molecule is Cc1cc(C)c(N2CCN(c3c(C)cc(C)cc3C)[C-]2[C](=[Ru]([Cl])[Cl])[P+](C2CCCCC2)(C2CCCCC2)C2CCCCC2)c(C)c1.F[B-](F)(F)F. The van der Waals surface area contributed by atoms with E-state index in [4.69, 9.17) is 19.4 Å². The normalized spacial score (nSPS) is 20.7. The number of hydrogen-bond acceptors (Lipinski definition) is 2. The number of nitrogens with zero attached hydrogens (tertiary/aromatic N) is 2. The fourth-order valence-corrected chi connectivity index (χ4v) is 27.3. The van der Waals surface area contributed by atoms with E-state index in [-0.39, 0.29) is 0 Å². The molecule has 6 rings (SSSR count). The molecule has 0 aromatic heterocycles. The number of anilines is 2. The number of benzene rings is 2. The fraction of sp³-hybridized carbons (Fsp3) is 0.650. The summed E-state index contributed by atoms with van der Waals surface area (Å²) in [5.74, 6) is 0. The van der Waals surface area contributed by atoms with E-state index in [1.807, 2.05) is 0 Å². The average molecular weight is 858 g/mol. The second kappa shape index (κ2) is 17.9. The molecule has 2 nitrogen and oxygen atoms in total. The van der Waals surface area contributed by atoms with Crippen molar-refractivity contribution < 1.29 is 30.8 Å². The van der Waals surface area contributed by atoms with Gasteiger partial charge in [-0.05, 0) is 0 Å². The molecule has 0 N–H and O–H groups in total. The Hall–Kier alpha value is -0.672. The van der Waals surface area contributed by atoms with E-state index < -0.39 is 28.0 Å². The van der Waals surface area contributed by atoms with Crippen LogP contribution in [0.4, 0.5) is 28.6 Å². The van der Waals surface area contributed by atoms with Crippen molar-refractivity contribution >= 4 is 49.1 Å². The fourth-order valence-electron chi connectivity index (χ4n) is 10.6. The van der Waals surface area contributed by atoms with Gasteiger partial charge in [-0.25, -0.2) is 0 Å². The Bertz CT molecular complexity index is 1370. The standard InChI is InChI=1S/C40H59N2P.BF4.2ClH.Ru/c1-29-24-31(3)39(32(4)25-29)41-22-23-42(40-33(5)26-30(2)27-34(40)6)38(41)28-43(35-16-10-7-11-17-35,36-18-12-8-13-19-36)37-20-14-9-15-21-37;2-1(3,4)5;;;/h24-27,35-37H,7-23H2,1-6H3;;2*1H;/q;-1;;;+2/p-2.